The van der Waals surface area contributed by atoms with Crippen LogP contribution < -0.4 is 10.6 Å². The number of furan rings is 1. The van der Waals surface area contributed by atoms with Crippen molar-refractivity contribution in [1.82, 2.24) is 15.5 Å². The third-order valence-electron chi connectivity index (χ3n) is 1.74. The molecule has 0 aliphatic rings. The summed E-state index contributed by atoms with van der Waals surface area (Å²) in [6.45, 7) is 0.503. The fourth-order valence-corrected chi connectivity index (χ4v) is 0.858. The van der Waals surface area contributed by atoms with E-state index in [1.165, 1.54) is 0 Å². The Kier molecular flexibility index (Phi) is 3.73. The third kappa shape index (κ3) is 3.72. The maximum atomic E-state index is 7.49. The van der Waals surface area contributed by atoms with Crippen molar-refractivity contribution in [2.45, 2.75) is 6.54 Å². The summed E-state index contributed by atoms with van der Waals surface area (Å²) in [7, 11) is 3.47. The van der Waals surface area contributed by atoms with Gasteiger partial charge in [0, 0.05) is 26.2 Å². The van der Waals surface area contributed by atoms with Crippen LogP contribution in [0.4, 0.5) is 0 Å². The summed E-state index contributed by atoms with van der Waals surface area (Å²) in [6.07, 6.45) is 3.19. The SMILES string of the molecule is CN(C)C(=N)NC(=N)NCc1ccoc1. The van der Waals surface area contributed by atoms with Crippen LogP contribution in [0.25, 0.3) is 0 Å². The van der Waals surface area contributed by atoms with Gasteiger partial charge in [0.15, 0.2) is 11.9 Å². The van der Waals surface area contributed by atoms with Crippen LogP contribution in [-0.2, 0) is 6.54 Å². The summed E-state index contributed by atoms with van der Waals surface area (Å²) in [6, 6.07) is 1.82. The average molecular weight is 209 g/mol. The van der Waals surface area contributed by atoms with E-state index in [1.54, 1.807) is 31.5 Å². The second-order valence-corrected chi connectivity index (χ2v) is 3.23. The van der Waals surface area contributed by atoms with Gasteiger partial charge < -0.3 is 14.6 Å². The second kappa shape index (κ2) is 5.04. The molecule has 82 valence electrons. The van der Waals surface area contributed by atoms with Crippen LogP contribution in [0.3, 0.4) is 0 Å². The van der Waals surface area contributed by atoms with Crippen LogP contribution >= 0.6 is 0 Å². The standard InChI is InChI=1S/C9H15N5O/c1-14(2)9(11)13-8(10)12-5-7-3-4-15-6-7/h3-4,6H,5H2,1-2H3,(H4,10,11,12,13). The molecule has 0 radical (unpaired) electrons. The lowest BCUT2D eigenvalue weighted by Gasteiger charge is -2.16. The molecule has 0 aliphatic carbocycles. The number of rotatable bonds is 2. The third-order valence-corrected chi connectivity index (χ3v) is 1.74. The Bertz CT molecular complexity index is 330. The van der Waals surface area contributed by atoms with Crippen molar-refractivity contribution in [3.63, 3.8) is 0 Å². The van der Waals surface area contributed by atoms with Crippen LogP contribution in [0.1, 0.15) is 5.56 Å². The van der Waals surface area contributed by atoms with E-state index in [1.807, 2.05) is 6.07 Å². The van der Waals surface area contributed by atoms with Crippen LogP contribution in [0, 0.1) is 10.8 Å². The summed E-state index contributed by atoms with van der Waals surface area (Å²) in [5, 5.41) is 20.3. The second-order valence-electron chi connectivity index (χ2n) is 3.23. The van der Waals surface area contributed by atoms with Crippen LogP contribution in [0.2, 0.25) is 0 Å². The molecule has 1 aromatic rings. The monoisotopic (exact) mass is 209 g/mol. The van der Waals surface area contributed by atoms with Crippen molar-refractivity contribution in [1.29, 1.82) is 10.8 Å². The van der Waals surface area contributed by atoms with Crippen molar-refractivity contribution in [2.24, 2.45) is 0 Å². The molecule has 0 unspecified atom stereocenters. The van der Waals surface area contributed by atoms with Gasteiger partial charge in [-0.15, -0.1) is 0 Å². The fourth-order valence-electron chi connectivity index (χ4n) is 0.858. The molecule has 1 aromatic heterocycles. The van der Waals surface area contributed by atoms with Crippen molar-refractivity contribution < 1.29 is 4.42 Å². The molecule has 15 heavy (non-hydrogen) atoms. The highest BCUT2D eigenvalue weighted by Gasteiger charge is 2.02. The number of nitrogens with zero attached hydrogens (tertiary/aromatic N) is 1. The van der Waals surface area contributed by atoms with Gasteiger partial charge in [-0.25, -0.2) is 0 Å². The van der Waals surface area contributed by atoms with Gasteiger partial charge in [0.2, 0.25) is 0 Å². The first-order valence-electron chi connectivity index (χ1n) is 4.46. The highest BCUT2D eigenvalue weighted by molar-refractivity contribution is 5.95. The van der Waals surface area contributed by atoms with Gasteiger partial charge in [0.05, 0.1) is 12.5 Å². The minimum atomic E-state index is 0.0925. The maximum Gasteiger partial charge on any atom is 0.197 e. The summed E-state index contributed by atoms with van der Waals surface area (Å²) >= 11 is 0. The maximum absolute atomic E-state index is 7.49. The smallest absolute Gasteiger partial charge is 0.197 e. The van der Waals surface area contributed by atoms with Crippen molar-refractivity contribution in [2.75, 3.05) is 14.1 Å². The van der Waals surface area contributed by atoms with E-state index in [-0.39, 0.29) is 11.9 Å². The lowest BCUT2D eigenvalue weighted by Crippen LogP contribution is -2.44. The molecule has 6 nitrogen and oxygen atoms in total. The molecule has 0 spiro atoms. The first-order valence-corrected chi connectivity index (χ1v) is 4.46. The summed E-state index contributed by atoms with van der Waals surface area (Å²) in [5.41, 5.74) is 0.956. The van der Waals surface area contributed by atoms with Gasteiger partial charge in [-0.3, -0.25) is 16.1 Å². The van der Waals surface area contributed by atoms with E-state index < -0.39 is 0 Å². The Morgan fingerprint density at radius 2 is 2.20 bits per heavy atom. The molecule has 0 saturated carbocycles. The lowest BCUT2D eigenvalue weighted by atomic mass is 10.3. The molecule has 0 atom stereocenters. The predicted molar refractivity (Wildman–Crippen MR) is 57.8 cm³/mol. The molecular weight excluding hydrogens is 194 g/mol. The largest absolute Gasteiger partial charge is 0.472 e. The van der Waals surface area contributed by atoms with Crippen molar-refractivity contribution >= 4 is 11.9 Å². The van der Waals surface area contributed by atoms with Gasteiger partial charge in [-0.2, -0.15) is 0 Å². The molecule has 0 saturated heterocycles. The lowest BCUT2D eigenvalue weighted by molar-refractivity contribution is 0.563. The molecular formula is C9H15N5O. The van der Waals surface area contributed by atoms with Gasteiger partial charge in [0.25, 0.3) is 0 Å². The van der Waals surface area contributed by atoms with E-state index in [4.69, 9.17) is 15.2 Å². The van der Waals surface area contributed by atoms with Gasteiger partial charge in [-0.05, 0) is 6.07 Å². The zero-order valence-electron chi connectivity index (χ0n) is 8.79. The minimum Gasteiger partial charge on any atom is -0.472 e. The zero-order chi connectivity index (χ0) is 11.3. The zero-order valence-corrected chi connectivity index (χ0v) is 8.79. The fraction of sp³-hybridized carbons (Fsp3) is 0.333. The van der Waals surface area contributed by atoms with Gasteiger partial charge >= 0.3 is 0 Å². The van der Waals surface area contributed by atoms with E-state index in [0.29, 0.717) is 6.54 Å². The molecule has 0 amide bonds. The number of guanidine groups is 2. The molecule has 0 aliphatic heterocycles. The van der Waals surface area contributed by atoms with Gasteiger partial charge in [0.1, 0.15) is 0 Å². The van der Waals surface area contributed by atoms with E-state index in [0.717, 1.165) is 5.56 Å². The van der Waals surface area contributed by atoms with Crippen LogP contribution in [0.15, 0.2) is 23.0 Å². The molecule has 1 rings (SSSR count). The van der Waals surface area contributed by atoms with Gasteiger partial charge in [-0.1, -0.05) is 0 Å². The summed E-state index contributed by atoms with van der Waals surface area (Å²) < 4.78 is 4.88. The molecule has 4 N–H and O–H groups in total. The molecule has 6 heteroatoms. The summed E-state index contributed by atoms with van der Waals surface area (Å²) in [4.78, 5) is 1.58. The highest BCUT2D eigenvalue weighted by Crippen LogP contribution is 1.97. The Hall–Kier alpha value is -1.98. The minimum absolute atomic E-state index is 0.0925. The van der Waals surface area contributed by atoms with E-state index >= 15 is 0 Å². The molecule has 0 bridgehead atoms. The number of nitrogens with one attached hydrogen (secondary N) is 4. The molecule has 0 fully saturated rings. The van der Waals surface area contributed by atoms with Crippen LogP contribution in [-0.4, -0.2) is 30.9 Å². The highest BCUT2D eigenvalue weighted by atomic mass is 16.3. The number of hydrogen-bond acceptors (Lipinski definition) is 3. The average Bonchev–Trinajstić information content (AvgIpc) is 2.66. The molecule has 0 aromatic carbocycles. The predicted octanol–water partition coefficient (Wildman–Crippen LogP) is 0.390. The van der Waals surface area contributed by atoms with E-state index in [2.05, 4.69) is 10.6 Å². The van der Waals surface area contributed by atoms with Crippen molar-refractivity contribution in [3.8, 4) is 0 Å². The topological polar surface area (TPSA) is 88.1 Å². The number of hydrogen-bond donors (Lipinski definition) is 4. The Balaban J connectivity index is 2.28. The first kappa shape index (κ1) is 11.1. The Morgan fingerprint density at radius 1 is 1.47 bits per heavy atom. The quantitative estimate of drug-likeness (QED) is 0.419. The van der Waals surface area contributed by atoms with Crippen molar-refractivity contribution in [3.05, 3.63) is 24.2 Å². The van der Waals surface area contributed by atoms with E-state index in [9.17, 15) is 0 Å². The normalized spacial score (nSPS) is 9.47. The Labute approximate surface area is 88.3 Å². The molecule has 1 heterocycles. The Morgan fingerprint density at radius 3 is 2.73 bits per heavy atom. The first-order chi connectivity index (χ1) is 7.09. The van der Waals surface area contributed by atoms with Crippen LogP contribution in [0.5, 0.6) is 0 Å². The summed E-state index contributed by atoms with van der Waals surface area (Å²) in [5.74, 6) is 0.259.